The lowest BCUT2D eigenvalue weighted by molar-refractivity contribution is 0.489. The average Bonchev–Trinajstić information content (AvgIpc) is 2.77. The van der Waals surface area contributed by atoms with Gasteiger partial charge in [0.05, 0.1) is 6.04 Å². The van der Waals surface area contributed by atoms with Crippen LogP contribution in [-0.2, 0) is 13.6 Å². The van der Waals surface area contributed by atoms with E-state index in [4.69, 9.17) is 5.73 Å². The lowest BCUT2D eigenvalue weighted by atomic mass is 10.2. The molecule has 7 heteroatoms. The predicted molar refractivity (Wildman–Crippen MR) is 82.5 cm³/mol. The van der Waals surface area contributed by atoms with Crippen molar-refractivity contribution >= 4 is 11.2 Å². The van der Waals surface area contributed by atoms with Crippen LogP contribution >= 0.6 is 0 Å². The molecule has 2 atom stereocenters. The van der Waals surface area contributed by atoms with Crippen LogP contribution in [0.5, 0.6) is 0 Å². The first-order valence-electron chi connectivity index (χ1n) is 7.32. The number of imidazole rings is 1. The van der Waals surface area contributed by atoms with E-state index in [1.165, 1.54) is 4.57 Å². The fraction of sp³-hybridized carbons (Fsp3) is 0.643. The molecule has 0 aromatic carbocycles. The van der Waals surface area contributed by atoms with Crippen molar-refractivity contribution < 1.29 is 0 Å². The molecule has 2 aromatic heterocycles. The van der Waals surface area contributed by atoms with Crippen molar-refractivity contribution in [3.8, 4) is 0 Å². The third-order valence-electron chi connectivity index (χ3n) is 3.98. The minimum atomic E-state index is -0.308. The van der Waals surface area contributed by atoms with Crippen LogP contribution in [0.3, 0.4) is 0 Å². The molecule has 7 nitrogen and oxygen atoms in total. The largest absolute Gasteiger partial charge is 0.332 e. The summed E-state index contributed by atoms with van der Waals surface area (Å²) in [7, 11) is 1.76. The summed E-state index contributed by atoms with van der Waals surface area (Å²) in [6, 6.07) is -0.341. The maximum atomic E-state index is 12.6. The molecule has 0 aliphatic carbocycles. The Bertz CT molecular complexity index is 781. The average molecular weight is 293 g/mol. The van der Waals surface area contributed by atoms with Crippen molar-refractivity contribution in [1.82, 2.24) is 18.7 Å². The van der Waals surface area contributed by atoms with E-state index in [1.54, 1.807) is 23.1 Å². The topological polar surface area (TPSA) is 87.8 Å². The van der Waals surface area contributed by atoms with Crippen molar-refractivity contribution in [3.05, 3.63) is 26.7 Å². The Morgan fingerprint density at radius 3 is 2.33 bits per heavy atom. The van der Waals surface area contributed by atoms with Crippen molar-refractivity contribution in [2.75, 3.05) is 0 Å². The molecule has 2 aromatic rings. The molecule has 0 saturated heterocycles. The zero-order chi connectivity index (χ0) is 15.9. The van der Waals surface area contributed by atoms with E-state index >= 15 is 0 Å². The van der Waals surface area contributed by atoms with Crippen molar-refractivity contribution in [2.24, 2.45) is 12.8 Å². The van der Waals surface area contributed by atoms with E-state index in [2.05, 4.69) is 4.98 Å². The summed E-state index contributed by atoms with van der Waals surface area (Å²) in [4.78, 5) is 29.6. The predicted octanol–water partition coefficient (Wildman–Crippen LogP) is 0.907. The summed E-state index contributed by atoms with van der Waals surface area (Å²) in [5.74, 6) is 0.604. The van der Waals surface area contributed by atoms with Gasteiger partial charge in [-0.3, -0.25) is 13.9 Å². The van der Waals surface area contributed by atoms with E-state index < -0.39 is 0 Å². The van der Waals surface area contributed by atoms with Gasteiger partial charge in [-0.2, -0.15) is 0 Å². The van der Waals surface area contributed by atoms with Crippen LogP contribution in [0.4, 0.5) is 0 Å². The zero-order valence-electron chi connectivity index (χ0n) is 13.3. The Hall–Kier alpha value is -1.89. The maximum Gasteiger partial charge on any atom is 0.332 e. The quantitative estimate of drug-likeness (QED) is 0.907. The van der Waals surface area contributed by atoms with Gasteiger partial charge in [0.25, 0.3) is 5.56 Å². The van der Waals surface area contributed by atoms with E-state index in [9.17, 15) is 9.59 Å². The fourth-order valence-corrected chi connectivity index (χ4v) is 2.61. The lowest BCUT2D eigenvalue weighted by Gasteiger charge is -2.15. The highest BCUT2D eigenvalue weighted by Gasteiger charge is 2.22. The molecule has 0 aliphatic heterocycles. The third kappa shape index (κ3) is 2.21. The van der Waals surface area contributed by atoms with E-state index in [0.29, 0.717) is 23.5 Å². The first-order valence-corrected chi connectivity index (χ1v) is 7.32. The SMILES string of the molecule is CCC(C)n1c(=O)n(CC)c(=O)c2c1nc(C(C)N)n2C. The highest BCUT2D eigenvalue weighted by Crippen LogP contribution is 2.18. The van der Waals surface area contributed by atoms with Crippen molar-refractivity contribution in [3.63, 3.8) is 0 Å². The maximum absolute atomic E-state index is 12.6. The molecular weight excluding hydrogens is 270 g/mol. The minimum Gasteiger partial charge on any atom is -0.324 e. The number of aryl methyl sites for hydroxylation is 1. The molecular formula is C14H23N5O2. The van der Waals surface area contributed by atoms with Crippen LogP contribution in [0.15, 0.2) is 9.59 Å². The van der Waals surface area contributed by atoms with Gasteiger partial charge in [-0.1, -0.05) is 6.92 Å². The molecule has 0 fully saturated rings. The molecule has 2 heterocycles. The van der Waals surface area contributed by atoms with Gasteiger partial charge < -0.3 is 10.3 Å². The standard InChI is InChI=1S/C14H23N5O2/c1-6-8(3)19-12-10(13(20)18(7-2)14(19)21)17(5)11(16-12)9(4)15/h8-9H,6-7,15H2,1-5H3. The second-order valence-corrected chi connectivity index (χ2v) is 5.45. The summed E-state index contributed by atoms with van der Waals surface area (Å²) in [6.07, 6.45) is 0.779. The van der Waals surface area contributed by atoms with Crippen LogP contribution in [0.1, 0.15) is 52.0 Å². The van der Waals surface area contributed by atoms with Gasteiger partial charge >= 0.3 is 5.69 Å². The molecule has 21 heavy (non-hydrogen) atoms. The molecule has 0 spiro atoms. The molecule has 2 unspecified atom stereocenters. The first-order chi connectivity index (χ1) is 9.84. The number of nitrogens with two attached hydrogens (primary N) is 1. The van der Waals surface area contributed by atoms with Crippen LogP contribution < -0.4 is 17.0 Å². The molecule has 0 radical (unpaired) electrons. The van der Waals surface area contributed by atoms with Crippen LogP contribution in [-0.4, -0.2) is 18.7 Å². The molecule has 0 bridgehead atoms. The summed E-state index contributed by atoms with van der Waals surface area (Å²) >= 11 is 0. The second kappa shape index (κ2) is 5.48. The first kappa shape index (κ1) is 15.5. The van der Waals surface area contributed by atoms with Crippen LogP contribution in [0.2, 0.25) is 0 Å². The van der Waals surface area contributed by atoms with Gasteiger partial charge in [-0.15, -0.1) is 0 Å². The summed E-state index contributed by atoms with van der Waals surface area (Å²) in [6.45, 7) is 7.89. The molecule has 2 rings (SSSR count). The highest BCUT2D eigenvalue weighted by atomic mass is 16.2. The van der Waals surface area contributed by atoms with Gasteiger partial charge in [0, 0.05) is 19.6 Å². The number of hydrogen-bond donors (Lipinski definition) is 1. The fourth-order valence-electron chi connectivity index (χ4n) is 2.61. The van der Waals surface area contributed by atoms with Crippen molar-refractivity contribution in [1.29, 1.82) is 0 Å². The molecule has 0 amide bonds. The Morgan fingerprint density at radius 2 is 1.86 bits per heavy atom. The smallest absolute Gasteiger partial charge is 0.324 e. The van der Waals surface area contributed by atoms with Gasteiger partial charge in [0.15, 0.2) is 11.2 Å². The summed E-state index contributed by atoms with van der Waals surface area (Å²) < 4.78 is 4.56. The Morgan fingerprint density at radius 1 is 1.24 bits per heavy atom. The Balaban J connectivity index is 3.04. The third-order valence-corrected chi connectivity index (χ3v) is 3.98. The van der Waals surface area contributed by atoms with E-state index in [0.717, 1.165) is 6.42 Å². The highest BCUT2D eigenvalue weighted by molar-refractivity contribution is 5.71. The number of nitrogens with zero attached hydrogens (tertiary/aromatic N) is 4. The van der Waals surface area contributed by atoms with Gasteiger partial charge in [0.1, 0.15) is 5.82 Å². The van der Waals surface area contributed by atoms with Gasteiger partial charge in [0.2, 0.25) is 0 Å². The summed E-state index contributed by atoms with van der Waals surface area (Å²) in [5, 5.41) is 0. The summed E-state index contributed by atoms with van der Waals surface area (Å²) in [5.41, 5.74) is 6.17. The number of aromatic nitrogens is 4. The molecule has 0 aliphatic rings. The minimum absolute atomic E-state index is 0.0331. The number of rotatable bonds is 4. The van der Waals surface area contributed by atoms with Crippen LogP contribution in [0.25, 0.3) is 11.2 Å². The second-order valence-electron chi connectivity index (χ2n) is 5.45. The van der Waals surface area contributed by atoms with Crippen LogP contribution in [0, 0.1) is 0 Å². The number of fused-ring (bicyclic) bond motifs is 1. The molecule has 2 N–H and O–H groups in total. The zero-order valence-corrected chi connectivity index (χ0v) is 13.3. The monoisotopic (exact) mass is 293 g/mol. The van der Waals surface area contributed by atoms with E-state index in [1.807, 2.05) is 20.8 Å². The molecule has 116 valence electrons. The van der Waals surface area contributed by atoms with Gasteiger partial charge in [-0.25, -0.2) is 9.78 Å². The Labute approximate surface area is 123 Å². The van der Waals surface area contributed by atoms with E-state index in [-0.39, 0.29) is 23.3 Å². The lowest BCUT2D eigenvalue weighted by Crippen LogP contribution is -2.41. The normalized spacial score (nSPS) is 14.6. The van der Waals surface area contributed by atoms with Gasteiger partial charge in [-0.05, 0) is 27.2 Å². The van der Waals surface area contributed by atoms with Crippen molar-refractivity contribution in [2.45, 2.75) is 52.7 Å². The number of hydrogen-bond acceptors (Lipinski definition) is 4. The Kier molecular flexibility index (Phi) is 4.04. The molecule has 0 saturated carbocycles.